The summed E-state index contributed by atoms with van der Waals surface area (Å²) in [6.07, 6.45) is 2.48. The fourth-order valence-electron chi connectivity index (χ4n) is 1.96. The zero-order chi connectivity index (χ0) is 13.0. The van der Waals surface area contributed by atoms with Gasteiger partial charge in [-0.1, -0.05) is 30.7 Å². The number of likely N-dealkylation sites (N-methyl/N-ethyl adjacent to an activating group) is 1. The van der Waals surface area contributed by atoms with Crippen molar-refractivity contribution in [1.29, 1.82) is 0 Å². The van der Waals surface area contributed by atoms with E-state index in [1.54, 1.807) is 6.26 Å². The van der Waals surface area contributed by atoms with Gasteiger partial charge in [0.15, 0.2) is 0 Å². The average molecular weight is 329 g/mol. The van der Waals surface area contributed by atoms with Crippen LogP contribution in [-0.4, -0.2) is 6.54 Å². The maximum absolute atomic E-state index is 6.35. The van der Waals surface area contributed by atoms with Crippen LogP contribution in [-0.2, 0) is 6.42 Å². The van der Waals surface area contributed by atoms with Gasteiger partial charge in [0.1, 0.15) is 5.76 Å². The topological polar surface area (TPSA) is 25.2 Å². The third kappa shape index (κ3) is 3.16. The minimum absolute atomic E-state index is 0.158. The fraction of sp³-hybridized carbons (Fsp3) is 0.286. The van der Waals surface area contributed by atoms with Crippen LogP contribution in [0.15, 0.2) is 45.5 Å². The maximum atomic E-state index is 6.35. The minimum atomic E-state index is 0.158. The second-order valence-corrected chi connectivity index (χ2v) is 5.27. The Balaban J connectivity index is 2.26. The van der Waals surface area contributed by atoms with Crippen molar-refractivity contribution in [3.05, 3.63) is 57.4 Å². The Bertz CT molecular complexity index is 499. The molecule has 2 nitrogen and oxygen atoms in total. The number of hydrogen-bond donors (Lipinski definition) is 1. The summed E-state index contributed by atoms with van der Waals surface area (Å²) >= 11 is 9.81. The lowest BCUT2D eigenvalue weighted by Gasteiger charge is -2.19. The van der Waals surface area contributed by atoms with E-state index >= 15 is 0 Å². The van der Waals surface area contributed by atoms with Crippen molar-refractivity contribution in [1.82, 2.24) is 5.32 Å². The van der Waals surface area contributed by atoms with Gasteiger partial charge in [0.05, 0.1) is 11.3 Å². The smallest absolute Gasteiger partial charge is 0.105 e. The van der Waals surface area contributed by atoms with E-state index in [1.807, 2.05) is 30.3 Å². The van der Waals surface area contributed by atoms with Gasteiger partial charge in [0, 0.05) is 16.9 Å². The summed E-state index contributed by atoms with van der Waals surface area (Å²) in [5.41, 5.74) is 1.09. The largest absolute Gasteiger partial charge is 0.469 e. The molecule has 0 aliphatic heterocycles. The van der Waals surface area contributed by atoms with Gasteiger partial charge in [0.25, 0.3) is 0 Å². The van der Waals surface area contributed by atoms with E-state index in [1.165, 1.54) is 0 Å². The molecule has 0 spiro atoms. The molecular formula is C14H15BrClNO. The van der Waals surface area contributed by atoms with E-state index in [-0.39, 0.29) is 6.04 Å². The van der Waals surface area contributed by atoms with Crippen molar-refractivity contribution in [3.63, 3.8) is 0 Å². The quantitative estimate of drug-likeness (QED) is 0.868. The van der Waals surface area contributed by atoms with E-state index in [2.05, 4.69) is 28.2 Å². The van der Waals surface area contributed by atoms with Gasteiger partial charge in [-0.25, -0.2) is 0 Å². The summed E-state index contributed by atoms with van der Waals surface area (Å²) in [4.78, 5) is 0. The second-order valence-electron chi connectivity index (χ2n) is 4.04. The molecule has 0 fully saturated rings. The van der Waals surface area contributed by atoms with E-state index in [0.717, 1.165) is 33.8 Å². The van der Waals surface area contributed by atoms with Gasteiger partial charge in [-0.15, -0.1) is 0 Å². The number of hydrogen-bond acceptors (Lipinski definition) is 2. The molecule has 18 heavy (non-hydrogen) atoms. The monoisotopic (exact) mass is 327 g/mol. The van der Waals surface area contributed by atoms with Crippen LogP contribution in [0.25, 0.3) is 0 Å². The first-order valence-corrected chi connectivity index (χ1v) is 7.09. The van der Waals surface area contributed by atoms with Crippen LogP contribution in [0.1, 0.15) is 24.3 Å². The third-order valence-electron chi connectivity index (χ3n) is 2.79. The molecule has 0 saturated carbocycles. The Morgan fingerprint density at radius 2 is 2.17 bits per heavy atom. The SMILES string of the molecule is CCNC(Cc1ccco1)c1cccc(Br)c1Cl. The summed E-state index contributed by atoms with van der Waals surface area (Å²) in [5, 5.41) is 4.20. The van der Waals surface area contributed by atoms with Crippen LogP contribution in [0, 0.1) is 0 Å². The molecule has 1 N–H and O–H groups in total. The molecule has 2 aromatic rings. The first-order valence-electron chi connectivity index (χ1n) is 5.92. The molecule has 96 valence electrons. The zero-order valence-electron chi connectivity index (χ0n) is 10.1. The molecule has 1 aromatic heterocycles. The number of halogens is 2. The number of furan rings is 1. The predicted molar refractivity (Wildman–Crippen MR) is 78.0 cm³/mol. The lowest BCUT2D eigenvalue weighted by Crippen LogP contribution is -2.23. The van der Waals surface area contributed by atoms with Crippen molar-refractivity contribution in [2.75, 3.05) is 6.54 Å². The predicted octanol–water partition coefficient (Wildman–Crippen LogP) is 4.59. The molecule has 1 atom stereocenters. The number of benzene rings is 1. The maximum Gasteiger partial charge on any atom is 0.105 e. The first-order chi connectivity index (χ1) is 8.72. The Hall–Kier alpha value is -0.770. The van der Waals surface area contributed by atoms with Gasteiger partial charge < -0.3 is 9.73 Å². The first kappa shape index (κ1) is 13.7. The number of rotatable bonds is 5. The standard InChI is InChI=1S/C14H15BrClNO/c1-2-17-13(9-10-5-4-8-18-10)11-6-3-7-12(15)14(11)16/h3-8,13,17H,2,9H2,1H3. The highest BCUT2D eigenvalue weighted by atomic mass is 79.9. The Kier molecular flexibility index (Phi) is 4.87. The Morgan fingerprint density at radius 3 is 2.83 bits per heavy atom. The van der Waals surface area contributed by atoms with E-state index < -0.39 is 0 Å². The fourth-order valence-corrected chi connectivity index (χ4v) is 2.60. The molecule has 0 amide bonds. The highest BCUT2D eigenvalue weighted by Crippen LogP contribution is 2.31. The van der Waals surface area contributed by atoms with Crippen LogP contribution in [0.5, 0.6) is 0 Å². The van der Waals surface area contributed by atoms with Gasteiger partial charge in [-0.05, 0) is 46.2 Å². The van der Waals surface area contributed by atoms with Crippen molar-refractivity contribution in [3.8, 4) is 0 Å². The van der Waals surface area contributed by atoms with E-state index in [4.69, 9.17) is 16.0 Å². The van der Waals surface area contributed by atoms with Crippen LogP contribution in [0.2, 0.25) is 5.02 Å². The summed E-state index contributed by atoms with van der Waals surface area (Å²) in [6, 6.07) is 10.0. The van der Waals surface area contributed by atoms with Crippen molar-refractivity contribution in [2.45, 2.75) is 19.4 Å². The van der Waals surface area contributed by atoms with Crippen LogP contribution < -0.4 is 5.32 Å². The summed E-state index contributed by atoms with van der Waals surface area (Å²) in [6.45, 7) is 2.97. The minimum Gasteiger partial charge on any atom is -0.469 e. The van der Waals surface area contributed by atoms with E-state index in [0.29, 0.717) is 0 Å². The van der Waals surface area contributed by atoms with Gasteiger partial charge in [-0.3, -0.25) is 0 Å². The molecule has 0 saturated heterocycles. The summed E-state index contributed by atoms with van der Waals surface area (Å²) in [7, 11) is 0. The molecule has 1 heterocycles. The van der Waals surface area contributed by atoms with Gasteiger partial charge in [-0.2, -0.15) is 0 Å². The lowest BCUT2D eigenvalue weighted by molar-refractivity contribution is 0.455. The summed E-state index contributed by atoms with van der Waals surface area (Å²) < 4.78 is 6.33. The average Bonchev–Trinajstić information content (AvgIpc) is 2.85. The van der Waals surface area contributed by atoms with E-state index in [9.17, 15) is 0 Å². The molecule has 4 heteroatoms. The highest BCUT2D eigenvalue weighted by Gasteiger charge is 2.16. The number of nitrogens with one attached hydrogen (secondary N) is 1. The van der Waals surface area contributed by atoms with Gasteiger partial charge in [0.2, 0.25) is 0 Å². The molecule has 0 radical (unpaired) electrons. The molecule has 0 aliphatic rings. The van der Waals surface area contributed by atoms with Crippen LogP contribution in [0.3, 0.4) is 0 Å². The highest BCUT2D eigenvalue weighted by molar-refractivity contribution is 9.10. The summed E-state index contributed by atoms with van der Waals surface area (Å²) in [5.74, 6) is 0.956. The van der Waals surface area contributed by atoms with Gasteiger partial charge >= 0.3 is 0 Å². The van der Waals surface area contributed by atoms with Crippen molar-refractivity contribution in [2.24, 2.45) is 0 Å². The lowest BCUT2D eigenvalue weighted by atomic mass is 10.0. The van der Waals surface area contributed by atoms with Crippen molar-refractivity contribution >= 4 is 27.5 Å². The zero-order valence-corrected chi connectivity index (χ0v) is 12.5. The third-order valence-corrected chi connectivity index (χ3v) is 4.10. The normalized spacial score (nSPS) is 12.6. The molecule has 1 aromatic carbocycles. The molecule has 0 bridgehead atoms. The Labute approximate surface area is 120 Å². The molecular weight excluding hydrogens is 314 g/mol. The molecule has 1 unspecified atom stereocenters. The van der Waals surface area contributed by atoms with Crippen LogP contribution in [0.4, 0.5) is 0 Å². The van der Waals surface area contributed by atoms with Crippen LogP contribution >= 0.6 is 27.5 Å². The second kappa shape index (κ2) is 6.41. The molecule has 2 rings (SSSR count). The molecule has 0 aliphatic carbocycles. The Morgan fingerprint density at radius 1 is 1.33 bits per heavy atom. The van der Waals surface area contributed by atoms with Crippen molar-refractivity contribution < 1.29 is 4.42 Å².